The highest BCUT2D eigenvalue weighted by Crippen LogP contribution is 2.39. The number of rotatable bonds is 8. The van der Waals surface area contributed by atoms with Gasteiger partial charge in [0.1, 0.15) is 5.75 Å². The van der Waals surface area contributed by atoms with Crippen molar-refractivity contribution in [3.05, 3.63) is 101 Å². The van der Waals surface area contributed by atoms with E-state index in [1.807, 2.05) is 61.5 Å². The number of ketones is 1. The lowest BCUT2D eigenvalue weighted by Gasteiger charge is -2.21. The summed E-state index contributed by atoms with van der Waals surface area (Å²) < 4.78 is 6.51. The second-order valence-corrected chi connectivity index (χ2v) is 8.36. The molecule has 0 aliphatic heterocycles. The number of hydrogen-bond acceptors (Lipinski definition) is 3. The van der Waals surface area contributed by atoms with Crippen LogP contribution in [0.15, 0.2) is 84.6 Å². The molecule has 0 aliphatic carbocycles. The third-order valence-corrected chi connectivity index (χ3v) is 5.16. The van der Waals surface area contributed by atoms with E-state index in [0.29, 0.717) is 17.4 Å². The molecule has 31 heavy (non-hydrogen) atoms. The van der Waals surface area contributed by atoms with Crippen LogP contribution < -0.4 is 10.1 Å². The predicted octanol–water partition coefficient (Wildman–Crippen LogP) is 7.92. The fourth-order valence-electron chi connectivity index (χ4n) is 3.50. The Morgan fingerprint density at radius 1 is 0.806 bits per heavy atom. The van der Waals surface area contributed by atoms with Crippen molar-refractivity contribution in [2.45, 2.75) is 46.5 Å². The van der Waals surface area contributed by atoms with Gasteiger partial charge in [0.15, 0.2) is 11.5 Å². The maximum absolute atomic E-state index is 12.5. The van der Waals surface area contributed by atoms with Gasteiger partial charge in [0, 0.05) is 17.3 Å². The highest BCUT2D eigenvalue weighted by molar-refractivity contribution is 6.05. The summed E-state index contributed by atoms with van der Waals surface area (Å²) in [6.07, 6.45) is 1.62. The molecule has 3 nitrogen and oxygen atoms in total. The monoisotopic (exact) mass is 413 g/mol. The van der Waals surface area contributed by atoms with E-state index < -0.39 is 0 Å². The average molecular weight is 414 g/mol. The molecule has 0 radical (unpaired) electrons. The Labute approximate surface area is 185 Å². The van der Waals surface area contributed by atoms with E-state index >= 15 is 0 Å². The molecule has 0 atom stereocenters. The van der Waals surface area contributed by atoms with E-state index in [4.69, 9.17) is 4.74 Å². The maximum Gasteiger partial charge on any atom is 0.187 e. The van der Waals surface area contributed by atoms with E-state index in [1.165, 1.54) is 11.1 Å². The summed E-state index contributed by atoms with van der Waals surface area (Å²) in [6, 6.07) is 23.5. The van der Waals surface area contributed by atoms with Gasteiger partial charge in [0.2, 0.25) is 0 Å². The molecule has 0 bridgehead atoms. The molecule has 0 aromatic heterocycles. The summed E-state index contributed by atoms with van der Waals surface area (Å²) in [5.41, 5.74) is 4.62. The van der Waals surface area contributed by atoms with Crippen molar-refractivity contribution in [1.82, 2.24) is 0 Å². The van der Waals surface area contributed by atoms with E-state index in [-0.39, 0.29) is 5.78 Å². The van der Waals surface area contributed by atoms with Crippen LogP contribution in [0.25, 0.3) is 0 Å². The molecule has 3 aromatic rings. The number of nitrogens with one attached hydrogen (secondary N) is 1. The Morgan fingerprint density at radius 2 is 1.39 bits per heavy atom. The molecule has 160 valence electrons. The number of allylic oxidation sites excluding steroid dienone is 2. The lowest BCUT2D eigenvalue weighted by Crippen LogP contribution is -2.04. The van der Waals surface area contributed by atoms with Crippen LogP contribution in [0, 0.1) is 0 Å². The first-order valence-corrected chi connectivity index (χ1v) is 10.8. The first-order valence-electron chi connectivity index (χ1n) is 10.8. The molecular formula is C28H31NO2. The standard InChI is InChI=1S/C28H31NO2/c1-19(2)23-14-11-15-24(20(3)4)28(23)31-27-17-10-9-16-25(27)29-21(5)18-26(30)22-12-7-6-8-13-22/h6-20,29H,1-5H3/b21-18+. The van der Waals surface area contributed by atoms with Crippen molar-refractivity contribution in [2.24, 2.45) is 0 Å². The van der Waals surface area contributed by atoms with Crippen LogP contribution in [-0.2, 0) is 0 Å². The highest BCUT2D eigenvalue weighted by Gasteiger charge is 2.17. The molecule has 0 aliphatic rings. The molecule has 0 amide bonds. The molecule has 3 rings (SSSR count). The first-order chi connectivity index (χ1) is 14.9. The summed E-state index contributed by atoms with van der Waals surface area (Å²) >= 11 is 0. The zero-order valence-electron chi connectivity index (χ0n) is 19.0. The number of ether oxygens (including phenoxy) is 1. The largest absolute Gasteiger partial charge is 0.455 e. The molecule has 0 fully saturated rings. The zero-order chi connectivity index (χ0) is 22.4. The molecule has 0 saturated heterocycles. The van der Waals surface area contributed by atoms with Crippen LogP contribution in [0.5, 0.6) is 11.5 Å². The van der Waals surface area contributed by atoms with Gasteiger partial charge < -0.3 is 10.1 Å². The Balaban J connectivity index is 1.90. The minimum absolute atomic E-state index is 0.0313. The van der Waals surface area contributed by atoms with Crippen molar-refractivity contribution in [1.29, 1.82) is 0 Å². The smallest absolute Gasteiger partial charge is 0.187 e. The first kappa shape index (κ1) is 22.4. The van der Waals surface area contributed by atoms with E-state index in [2.05, 4.69) is 51.2 Å². The molecule has 0 unspecified atom stereocenters. The van der Waals surface area contributed by atoms with Gasteiger partial charge in [-0.3, -0.25) is 4.79 Å². The second-order valence-electron chi connectivity index (χ2n) is 8.36. The fourth-order valence-corrected chi connectivity index (χ4v) is 3.50. The summed E-state index contributed by atoms with van der Waals surface area (Å²) in [5.74, 6) is 2.32. The number of para-hydroxylation sites is 3. The number of anilines is 1. The zero-order valence-corrected chi connectivity index (χ0v) is 19.0. The number of carbonyl (C=O) groups excluding carboxylic acids is 1. The van der Waals surface area contributed by atoms with Gasteiger partial charge >= 0.3 is 0 Å². The van der Waals surface area contributed by atoms with Crippen LogP contribution in [0.4, 0.5) is 5.69 Å². The van der Waals surface area contributed by atoms with Crippen molar-refractivity contribution in [3.8, 4) is 11.5 Å². The summed E-state index contributed by atoms with van der Waals surface area (Å²) in [6.45, 7) is 10.6. The molecule has 1 N–H and O–H groups in total. The van der Waals surface area contributed by atoms with Crippen molar-refractivity contribution >= 4 is 11.5 Å². The van der Waals surface area contributed by atoms with Crippen molar-refractivity contribution in [3.63, 3.8) is 0 Å². The van der Waals surface area contributed by atoms with E-state index in [1.54, 1.807) is 6.08 Å². The average Bonchev–Trinajstić information content (AvgIpc) is 2.75. The van der Waals surface area contributed by atoms with Crippen LogP contribution in [-0.4, -0.2) is 5.78 Å². The van der Waals surface area contributed by atoms with Gasteiger partial charge in [-0.25, -0.2) is 0 Å². The van der Waals surface area contributed by atoms with Crippen LogP contribution >= 0.6 is 0 Å². The van der Waals surface area contributed by atoms with E-state index in [9.17, 15) is 4.79 Å². The fraction of sp³-hybridized carbons (Fsp3) is 0.250. The summed E-state index contributed by atoms with van der Waals surface area (Å²) in [7, 11) is 0. The van der Waals surface area contributed by atoms with E-state index in [0.717, 1.165) is 22.9 Å². The predicted molar refractivity (Wildman–Crippen MR) is 129 cm³/mol. The summed E-state index contributed by atoms with van der Waals surface area (Å²) in [5, 5.41) is 3.34. The Kier molecular flexibility index (Phi) is 7.30. The molecule has 0 spiro atoms. The quantitative estimate of drug-likeness (QED) is 0.301. The number of hydrogen-bond donors (Lipinski definition) is 1. The Hall–Kier alpha value is -3.33. The summed E-state index contributed by atoms with van der Waals surface area (Å²) in [4.78, 5) is 12.5. The van der Waals surface area contributed by atoms with Gasteiger partial charge in [0.25, 0.3) is 0 Å². The lowest BCUT2D eigenvalue weighted by atomic mass is 9.94. The minimum atomic E-state index is -0.0313. The van der Waals surface area contributed by atoms with Gasteiger partial charge in [0.05, 0.1) is 5.69 Å². The third kappa shape index (κ3) is 5.64. The molecule has 0 heterocycles. The van der Waals surface area contributed by atoms with Gasteiger partial charge in [-0.05, 0) is 42.0 Å². The van der Waals surface area contributed by atoms with Gasteiger partial charge in [-0.1, -0.05) is 88.4 Å². The third-order valence-electron chi connectivity index (χ3n) is 5.16. The SMILES string of the molecule is C/C(=C\C(=O)c1ccccc1)Nc1ccccc1Oc1c(C(C)C)cccc1C(C)C. The normalized spacial score (nSPS) is 11.6. The Bertz CT molecular complexity index is 1040. The maximum atomic E-state index is 12.5. The highest BCUT2D eigenvalue weighted by atomic mass is 16.5. The van der Waals surface area contributed by atoms with Crippen LogP contribution in [0.3, 0.4) is 0 Å². The Morgan fingerprint density at radius 3 is 2.00 bits per heavy atom. The van der Waals surface area contributed by atoms with Crippen molar-refractivity contribution in [2.75, 3.05) is 5.32 Å². The second kappa shape index (κ2) is 10.1. The van der Waals surface area contributed by atoms with Gasteiger partial charge in [-0.15, -0.1) is 0 Å². The van der Waals surface area contributed by atoms with Crippen molar-refractivity contribution < 1.29 is 9.53 Å². The van der Waals surface area contributed by atoms with Crippen LogP contribution in [0.1, 0.15) is 67.9 Å². The molecular weight excluding hydrogens is 382 g/mol. The topological polar surface area (TPSA) is 38.3 Å². The minimum Gasteiger partial charge on any atom is -0.455 e. The van der Waals surface area contributed by atoms with Crippen LogP contribution in [0.2, 0.25) is 0 Å². The lowest BCUT2D eigenvalue weighted by molar-refractivity contribution is 0.104. The molecule has 0 saturated carbocycles. The number of benzene rings is 3. The number of carbonyl (C=O) groups is 1. The molecule has 3 heteroatoms. The van der Waals surface area contributed by atoms with Gasteiger partial charge in [-0.2, -0.15) is 0 Å². The molecule has 3 aromatic carbocycles.